The Bertz CT molecular complexity index is 581. The van der Waals surface area contributed by atoms with Crippen molar-refractivity contribution < 1.29 is 24.2 Å². The highest BCUT2D eigenvalue weighted by molar-refractivity contribution is 5.94. The maximum atomic E-state index is 12.4. The highest BCUT2D eigenvalue weighted by Gasteiger charge is 2.33. The van der Waals surface area contributed by atoms with Gasteiger partial charge in [-0.25, -0.2) is 4.79 Å². The highest BCUT2D eigenvalue weighted by Crippen LogP contribution is 2.40. The number of hydrogen-bond acceptors (Lipinski definition) is 4. The molecule has 2 N–H and O–H groups in total. The number of rotatable bonds is 10. The van der Waals surface area contributed by atoms with Gasteiger partial charge in [-0.1, -0.05) is 18.9 Å². The van der Waals surface area contributed by atoms with E-state index in [9.17, 15) is 9.59 Å². The molecule has 1 fully saturated rings. The summed E-state index contributed by atoms with van der Waals surface area (Å²) in [5.74, 6) is -0.835. The van der Waals surface area contributed by atoms with Crippen LogP contribution in [-0.4, -0.2) is 43.3 Å². The van der Waals surface area contributed by atoms with Crippen molar-refractivity contribution in [2.45, 2.75) is 39.0 Å². The first kappa shape index (κ1) is 19.2. The molecule has 0 spiro atoms. The fourth-order valence-corrected chi connectivity index (χ4v) is 3.32. The zero-order valence-electron chi connectivity index (χ0n) is 14.8. The summed E-state index contributed by atoms with van der Waals surface area (Å²) in [5.41, 5.74) is 0.600. The lowest BCUT2D eigenvalue weighted by atomic mass is 9.83. The van der Waals surface area contributed by atoms with Crippen molar-refractivity contribution >= 4 is 11.9 Å². The Hall–Kier alpha value is -2.08. The minimum absolute atomic E-state index is 0.127. The molecule has 2 rings (SSSR count). The standard InChI is InChI=1S/C19H27NO5/c1-2-24-11-10-19(8-3-4-9-19)14-20-18(23)15-6-5-7-16(12-15)25-13-17(21)22/h5-7,12H,2-4,8-11,13-14H2,1H3,(H,20,23)(H,21,22). The van der Waals surface area contributed by atoms with E-state index >= 15 is 0 Å². The van der Waals surface area contributed by atoms with Crippen molar-refractivity contribution in [2.24, 2.45) is 5.41 Å². The van der Waals surface area contributed by atoms with Crippen molar-refractivity contribution in [1.82, 2.24) is 5.32 Å². The molecule has 0 unspecified atom stereocenters. The molecule has 1 aromatic carbocycles. The van der Waals surface area contributed by atoms with Crippen LogP contribution >= 0.6 is 0 Å². The molecule has 6 heteroatoms. The molecule has 1 aromatic rings. The van der Waals surface area contributed by atoms with Crippen molar-refractivity contribution in [3.8, 4) is 5.75 Å². The van der Waals surface area contributed by atoms with Crippen LogP contribution < -0.4 is 10.1 Å². The van der Waals surface area contributed by atoms with Gasteiger partial charge < -0.3 is 19.9 Å². The average molecular weight is 349 g/mol. The number of amides is 1. The van der Waals surface area contributed by atoms with Crippen LogP contribution in [0.2, 0.25) is 0 Å². The zero-order valence-corrected chi connectivity index (χ0v) is 14.8. The predicted molar refractivity (Wildman–Crippen MR) is 93.9 cm³/mol. The van der Waals surface area contributed by atoms with Gasteiger partial charge in [0.05, 0.1) is 0 Å². The largest absolute Gasteiger partial charge is 0.482 e. The number of nitrogens with one attached hydrogen (secondary N) is 1. The van der Waals surface area contributed by atoms with Crippen LogP contribution in [0.15, 0.2) is 24.3 Å². The molecule has 1 saturated carbocycles. The van der Waals surface area contributed by atoms with Gasteiger partial charge in [0.2, 0.25) is 0 Å². The van der Waals surface area contributed by atoms with Crippen LogP contribution in [0.3, 0.4) is 0 Å². The summed E-state index contributed by atoms with van der Waals surface area (Å²) in [6.45, 7) is 3.64. The van der Waals surface area contributed by atoms with Gasteiger partial charge in [0.1, 0.15) is 5.75 Å². The molecule has 0 radical (unpaired) electrons. The summed E-state index contributed by atoms with van der Waals surface area (Å²) in [5, 5.41) is 11.7. The third-order valence-corrected chi connectivity index (χ3v) is 4.73. The first-order valence-electron chi connectivity index (χ1n) is 8.85. The topological polar surface area (TPSA) is 84.9 Å². The molecule has 0 bridgehead atoms. The molecule has 1 amide bonds. The van der Waals surface area contributed by atoms with E-state index in [0.717, 1.165) is 25.9 Å². The van der Waals surface area contributed by atoms with E-state index in [-0.39, 0.29) is 11.3 Å². The van der Waals surface area contributed by atoms with E-state index in [2.05, 4.69) is 5.32 Å². The Morgan fingerprint density at radius 3 is 2.72 bits per heavy atom. The Balaban J connectivity index is 1.91. The SMILES string of the molecule is CCOCCC1(CNC(=O)c2cccc(OCC(=O)O)c2)CCCC1. The summed E-state index contributed by atoms with van der Waals surface area (Å²) in [6, 6.07) is 6.59. The number of carbonyl (C=O) groups is 2. The number of benzene rings is 1. The minimum Gasteiger partial charge on any atom is -0.482 e. The fourth-order valence-electron chi connectivity index (χ4n) is 3.32. The van der Waals surface area contributed by atoms with E-state index in [1.807, 2.05) is 6.92 Å². The Morgan fingerprint density at radius 2 is 2.04 bits per heavy atom. The first-order valence-corrected chi connectivity index (χ1v) is 8.85. The molecule has 0 aliphatic heterocycles. The molecule has 0 aromatic heterocycles. The molecule has 1 aliphatic carbocycles. The molecular formula is C19H27NO5. The lowest BCUT2D eigenvalue weighted by Crippen LogP contribution is -2.36. The maximum absolute atomic E-state index is 12.4. The monoisotopic (exact) mass is 349 g/mol. The van der Waals surface area contributed by atoms with Gasteiger partial charge >= 0.3 is 5.97 Å². The van der Waals surface area contributed by atoms with E-state index in [4.69, 9.17) is 14.6 Å². The molecule has 25 heavy (non-hydrogen) atoms. The zero-order chi connectivity index (χ0) is 18.1. The summed E-state index contributed by atoms with van der Waals surface area (Å²) >= 11 is 0. The third-order valence-electron chi connectivity index (χ3n) is 4.73. The van der Waals surface area contributed by atoms with E-state index < -0.39 is 12.6 Å². The van der Waals surface area contributed by atoms with E-state index in [0.29, 0.717) is 24.5 Å². The lowest BCUT2D eigenvalue weighted by molar-refractivity contribution is -0.139. The Kier molecular flexibility index (Phi) is 7.25. The number of hydrogen-bond donors (Lipinski definition) is 2. The molecule has 0 saturated heterocycles. The molecule has 0 heterocycles. The highest BCUT2D eigenvalue weighted by atomic mass is 16.5. The van der Waals surface area contributed by atoms with Gasteiger partial charge in [0.15, 0.2) is 6.61 Å². The summed E-state index contributed by atoms with van der Waals surface area (Å²) in [6.07, 6.45) is 5.58. The van der Waals surface area contributed by atoms with Crippen LogP contribution in [0.5, 0.6) is 5.75 Å². The second-order valence-electron chi connectivity index (χ2n) is 6.55. The quantitative estimate of drug-likeness (QED) is 0.635. The summed E-state index contributed by atoms with van der Waals surface area (Å²) < 4.78 is 10.6. The number of carboxylic acids is 1. The molecule has 138 valence electrons. The third kappa shape index (κ3) is 6.05. The smallest absolute Gasteiger partial charge is 0.341 e. The average Bonchev–Trinajstić information content (AvgIpc) is 3.07. The minimum atomic E-state index is -1.05. The molecule has 6 nitrogen and oxygen atoms in total. The van der Waals surface area contributed by atoms with Gasteiger partial charge in [-0.15, -0.1) is 0 Å². The van der Waals surface area contributed by atoms with Crippen molar-refractivity contribution in [3.05, 3.63) is 29.8 Å². The van der Waals surface area contributed by atoms with Crippen LogP contribution in [0.4, 0.5) is 0 Å². The number of ether oxygens (including phenoxy) is 2. The lowest BCUT2D eigenvalue weighted by Gasteiger charge is -2.29. The van der Waals surface area contributed by atoms with Crippen molar-refractivity contribution in [1.29, 1.82) is 0 Å². The summed E-state index contributed by atoms with van der Waals surface area (Å²) in [7, 11) is 0. The number of carbonyl (C=O) groups excluding carboxylic acids is 1. The Labute approximate surface area is 148 Å². The van der Waals surface area contributed by atoms with Crippen LogP contribution in [0.1, 0.15) is 49.4 Å². The first-order chi connectivity index (χ1) is 12.0. The maximum Gasteiger partial charge on any atom is 0.341 e. The predicted octanol–water partition coefficient (Wildman–Crippen LogP) is 2.87. The van der Waals surface area contributed by atoms with Gasteiger partial charge in [0, 0.05) is 25.3 Å². The molecule has 1 aliphatic rings. The van der Waals surface area contributed by atoms with Gasteiger partial charge in [-0.3, -0.25) is 4.79 Å². The van der Waals surface area contributed by atoms with Crippen molar-refractivity contribution in [2.75, 3.05) is 26.4 Å². The molecule has 0 atom stereocenters. The van der Waals surface area contributed by atoms with Crippen molar-refractivity contribution in [3.63, 3.8) is 0 Å². The Morgan fingerprint density at radius 1 is 1.28 bits per heavy atom. The van der Waals surface area contributed by atoms with Gasteiger partial charge in [-0.2, -0.15) is 0 Å². The second-order valence-corrected chi connectivity index (χ2v) is 6.55. The number of carboxylic acid groups (broad SMARTS) is 1. The van der Waals surface area contributed by atoms with Gasteiger partial charge in [0.25, 0.3) is 5.91 Å². The second kappa shape index (κ2) is 9.42. The van der Waals surface area contributed by atoms with E-state index in [1.54, 1.807) is 24.3 Å². The van der Waals surface area contributed by atoms with Crippen LogP contribution in [0.25, 0.3) is 0 Å². The van der Waals surface area contributed by atoms with Crippen LogP contribution in [0, 0.1) is 5.41 Å². The normalized spacial score (nSPS) is 15.7. The van der Waals surface area contributed by atoms with Crippen LogP contribution in [-0.2, 0) is 9.53 Å². The van der Waals surface area contributed by atoms with Gasteiger partial charge in [-0.05, 0) is 49.8 Å². The van der Waals surface area contributed by atoms with E-state index in [1.165, 1.54) is 12.8 Å². The fraction of sp³-hybridized carbons (Fsp3) is 0.579. The summed E-state index contributed by atoms with van der Waals surface area (Å²) in [4.78, 5) is 23.0. The number of aliphatic carboxylic acids is 1. The molecular weight excluding hydrogens is 322 g/mol.